The third-order valence-corrected chi connectivity index (χ3v) is 3.73. The van der Waals surface area contributed by atoms with E-state index < -0.39 is 0 Å². The number of carbonyl (C=O) groups excluding carboxylic acids is 1. The van der Waals surface area contributed by atoms with E-state index in [1.54, 1.807) is 39.5 Å². The Morgan fingerprint density at radius 1 is 0.917 bits per heavy atom. The van der Waals surface area contributed by atoms with E-state index in [1.165, 1.54) is 5.56 Å². The van der Waals surface area contributed by atoms with E-state index in [0.717, 1.165) is 18.6 Å². The van der Waals surface area contributed by atoms with Crippen molar-refractivity contribution in [2.75, 3.05) is 27.9 Å². The van der Waals surface area contributed by atoms with Gasteiger partial charge in [0.1, 0.15) is 5.75 Å². The molecule has 0 fully saturated rings. The van der Waals surface area contributed by atoms with Crippen LogP contribution in [0.3, 0.4) is 0 Å². The summed E-state index contributed by atoms with van der Waals surface area (Å²) in [4.78, 5) is 12.2. The van der Waals surface area contributed by atoms with E-state index in [9.17, 15) is 4.79 Å². The summed E-state index contributed by atoms with van der Waals surface area (Å²) in [7, 11) is 4.77. The fraction of sp³-hybridized carbons (Fsp3) is 0.316. The summed E-state index contributed by atoms with van der Waals surface area (Å²) in [6, 6.07) is 13.1. The maximum absolute atomic E-state index is 12.2. The Balaban J connectivity index is 1.82. The molecule has 0 saturated heterocycles. The van der Waals surface area contributed by atoms with E-state index >= 15 is 0 Å². The molecule has 0 heterocycles. The molecule has 24 heavy (non-hydrogen) atoms. The van der Waals surface area contributed by atoms with Gasteiger partial charge in [-0.2, -0.15) is 0 Å². The van der Waals surface area contributed by atoms with Gasteiger partial charge in [-0.05, 0) is 48.7 Å². The summed E-state index contributed by atoms with van der Waals surface area (Å²) in [5.74, 6) is 1.88. The lowest BCUT2D eigenvalue weighted by molar-refractivity contribution is 0.0953. The third-order valence-electron chi connectivity index (χ3n) is 3.73. The van der Waals surface area contributed by atoms with Crippen molar-refractivity contribution in [3.8, 4) is 17.2 Å². The van der Waals surface area contributed by atoms with Gasteiger partial charge in [-0.1, -0.05) is 12.1 Å². The number of rotatable bonds is 8. The molecule has 1 amide bonds. The smallest absolute Gasteiger partial charge is 0.251 e. The van der Waals surface area contributed by atoms with Gasteiger partial charge >= 0.3 is 0 Å². The van der Waals surface area contributed by atoms with Crippen LogP contribution in [0.15, 0.2) is 42.5 Å². The molecule has 0 spiro atoms. The van der Waals surface area contributed by atoms with Crippen molar-refractivity contribution in [1.29, 1.82) is 0 Å². The Bertz CT molecular complexity index is 668. The minimum Gasteiger partial charge on any atom is -0.497 e. The van der Waals surface area contributed by atoms with Gasteiger partial charge < -0.3 is 19.5 Å². The molecule has 128 valence electrons. The van der Waals surface area contributed by atoms with E-state index in [0.29, 0.717) is 23.6 Å². The number of carbonyl (C=O) groups is 1. The fourth-order valence-corrected chi connectivity index (χ4v) is 2.37. The molecule has 1 N–H and O–H groups in total. The van der Waals surface area contributed by atoms with Crippen molar-refractivity contribution in [3.05, 3.63) is 53.6 Å². The predicted molar refractivity (Wildman–Crippen MR) is 93.2 cm³/mol. The SMILES string of the molecule is COc1ccc(CCCNC(=O)c2ccc(OC)c(OC)c2)cc1. The monoisotopic (exact) mass is 329 g/mol. The summed E-state index contributed by atoms with van der Waals surface area (Å²) in [5, 5.41) is 2.92. The van der Waals surface area contributed by atoms with Crippen molar-refractivity contribution < 1.29 is 19.0 Å². The van der Waals surface area contributed by atoms with Crippen LogP contribution in [0, 0.1) is 0 Å². The topological polar surface area (TPSA) is 56.8 Å². The Labute approximate surface area is 142 Å². The van der Waals surface area contributed by atoms with Crippen LogP contribution < -0.4 is 19.5 Å². The highest BCUT2D eigenvalue weighted by Crippen LogP contribution is 2.27. The average Bonchev–Trinajstić information content (AvgIpc) is 2.64. The zero-order valence-corrected chi connectivity index (χ0v) is 14.3. The van der Waals surface area contributed by atoms with E-state index in [1.807, 2.05) is 24.3 Å². The maximum Gasteiger partial charge on any atom is 0.251 e. The molecule has 0 aliphatic heterocycles. The summed E-state index contributed by atoms with van der Waals surface area (Å²) < 4.78 is 15.5. The largest absolute Gasteiger partial charge is 0.497 e. The average molecular weight is 329 g/mol. The van der Waals surface area contributed by atoms with Gasteiger partial charge in [0, 0.05) is 12.1 Å². The van der Waals surface area contributed by atoms with Crippen molar-refractivity contribution >= 4 is 5.91 Å². The van der Waals surface area contributed by atoms with Gasteiger partial charge in [-0.15, -0.1) is 0 Å². The summed E-state index contributed by atoms with van der Waals surface area (Å²) in [6.07, 6.45) is 1.77. The van der Waals surface area contributed by atoms with Crippen LogP contribution in [0.5, 0.6) is 17.2 Å². The van der Waals surface area contributed by atoms with Gasteiger partial charge in [0.2, 0.25) is 0 Å². The fourth-order valence-electron chi connectivity index (χ4n) is 2.37. The first-order chi connectivity index (χ1) is 11.7. The normalized spacial score (nSPS) is 10.1. The highest BCUT2D eigenvalue weighted by atomic mass is 16.5. The summed E-state index contributed by atoms with van der Waals surface area (Å²) >= 11 is 0. The number of methoxy groups -OCH3 is 3. The first-order valence-electron chi connectivity index (χ1n) is 7.81. The van der Waals surface area contributed by atoms with E-state index in [4.69, 9.17) is 14.2 Å². The van der Waals surface area contributed by atoms with Gasteiger partial charge in [0.05, 0.1) is 21.3 Å². The molecule has 0 aliphatic rings. The molecule has 5 nitrogen and oxygen atoms in total. The number of benzene rings is 2. The number of hydrogen-bond donors (Lipinski definition) is 1. The maximum atomic E-state index is 12.2. The highest BCUT2D eigenvalue weighted by Gasteiger charge is 2.10. The van der Waals surface area contributed by atoms with Gasteiger partial charge in [0.25, 0.3) is 5.91 Å². The summed E-state index contributed by atoms with van der Waals surface area (Å²) in [5.41, 5.74) is 1.77. The van der Waals surface area contributed by atoms with Crippen molar-refractivity contribution in [2.45, 2.75) is 12.8 Å². The molecular weight excluding hydrogens is 306 g/mol. The number of hydrogen-bond acceptors (Lipinski definition) is 4. The number of amides is 1. The molecule has 2 aromatic carbocycles. The first-order valence-corrected chi connectivity index (χ1v) is 7.81. The van der Waals surface area contributed by atoms with Gasteiger partial charge in [-0.25, -0.2) is 0 Å². The third kappa shape index (κ3) is 4.65. The lowest BCUT2D eigenvalue weighted by atomic mass is 10.1. The van der Waals surface area contributed by atoms with Crippen molar-refractivity contribution in [3.63, 3.8) is 0 Å². The molecule has 0 aromatic heterocycles. The van der Waals surface area contributed by atoms with Crippen LogP contribution in [0.25, 0.3) is 0 Å². The molecular formula is C19H23NO4. The summed E-state index contributed by atoms with van der Waals surface area (Å²) in [6.45, 7) is 0.610. The molecule has 0 atom stereocenters. The van der Waals surface area contributed by atoms with E-state index in [-0.39, 0.29) is 5.91 Å². The van der Waals surface area contributed by atoms with Crippen LogP contribution in [-0.2, 0) is 6.42 Å². The Hall–Kier alpha value is -2.69. The van der Waals surface area contributed by atoms with Crippen LogP contribution >= 0.6 is 0 Å². The second-order valence-electron chi connectivity index (χ2n) is 5.28. The van der Waals surface area contributed by atoms with Crippen molar-refractivity contribution in [2.24, 2.45) is 0 Å². The number of ether oxygens (including phenoxy) is 3. The Morgan fingerprint density at radius 2 is 1.62 bits per heavy atom. The molecule has 2 aromatic rings. The Kier molecular flexibility index (Phi) is 6.49. The first kappa shape index (κ1) is 17.7. The zero-order valence-electron chi connectivity index (χ0n) is 14.3. The molecule has 5 heteroatoms. The molecule has 0 bridgehead atoms. The lowest BCUT2D eigenvalue weighted by Crippen LogP contribution is -2.24. The molecule has 0 unspecified atom stereocenters. The minimum absolute atomic E-state index is 0.120. The van der Waals surface area contributed by atoms with Crippen LogP contribution in [0.2, 0.25) is 0 Å². The standard InChI is InChI=1S/C19H23NO4/c1-22-16-9-6-14(7-10-16)5-4-12-20-19(21)15-8-11-17(23-2)18(13-15)24-3/h6-11,13H,4-5,12H2,1-3H3,(H,20,21). The zero-order chi connectivity index (χ0) is 17.4. The van der Waals surface area contributed by atoms with Crippen LogP contribution in [-0.4, -0.2) is 33.8 Å². The van der Waals surface area contributed by atoms with Crippen LogP contribution in [0.4, 0.5) is 0 Å². The predicted octanol–water partition coefficient (Wildman–Crippen LogP) is 3.08. The van der Waals surface area contributed by atoms with Crippen LogP contribution in [0.1, 0.15) is 22.3 Å². The molecule has 0 aliphatic carbocycles. The second-order valence-corrected chi connectivity index (χ2v) is 5.28. The molecule has 0 saturated carbocycles. The number of aryl methyl sites for hydroxylation is 1. The minimum atomic E-state index is -0.120. The number of nitrogens with one attached hydrogen (secondary N) is 1. The lowest BCUT2D eigenvalue weighted by Gasteiger charge is -2.10. The second kappa shape index (κ2) is 8.82. The van der Waals surface area contributed by atoms with Gasteiger partial charge in [-0.3, -0.25) is 4.79 Å². The van der Waals surface area contributed by atoms with Gasteiger partial charge in [0.15, 0.2) is 11.5 Å². The van der Waals surface area contributed by atoms with E-state index in [2.05, 4.69) is 5.32 Å². The van der Waals surface area contributed by atoms with Crippen molar-refractivity contribution in [1.82, 2.24) is 5.32 Å². The molecule has 2 rings (SSSR count). The quantitative estimate of drug-likeness (QED) is 0.756. The molecule has 0 radical (unpaired) electrons. The highest BCUT2D eigenvalue weighted by molar-refractivity contribution is 5.94. The Morgan fingerprint density at radius 3 is 2.25 bits per heavy atom.